The number of hydrogen-bond acceptors (Lipinski definition) is 7. The Hall–Kier alpha value is -4.35. The second kappa shape index (κ2) is 10.9. The van der Waals surface area contributed by atoms with Crippen molar-refractivity contribution in [2.45, 2.75) is 52.2 Å². The number of carbonyl (C=O) groups excluding carboxylic acids is 2. The average Bonchev–Trinajstić information content (AvgIpc) is 3.52. The van der Waals surface area contributed by atoms with Gasteiger partial charge in [0.2, 0.25) is 0 Å². The highest BCUT2D eigenvalue weighted by Crippen LogP contribution is 2.35. The molecule has 1 aliphatic rings. The topological polar surface area (TPSA) is 106 Å². The summed E-state index contributed by atoms with van der Waals surface area (Å²) in [5, 5.41) is 7.93. The Morgan fingerprint density at radius 2 is 1.93 bits per heavy atom. The standard InChI is InChI=1S/C29H36FN7O4/c1-7-37(28(39)41-29(2,3)4)18-8-11-35(12-9-18)22-14-20(30)25(26-19(22)16-34(5)33-26)27(38)32-21-17-36-13-10-31-24(36)15-23(21)40-6/h10,13-18H,7-9,11-12H2,1-6H3,(H,32,38). The van der Waals surface area contributed by atoms with Gasteiger partial charge in [0.25, 0.3) is 5.91 Å². The molecule has 1 aliphatic heterocycles. The third-order valence-corrected chi connectivity index (χ3v) is 7.25. The quantitative estimate of drug-likeness (QED) is 0.356. The Balaban J connectivity index is 1.39. The van der Waals surface area contributed by atoms with Crippen LogP contribution < -0.4 is 15.0 Å². The number of fused-ring (bicyclic) bond motifs is 2. The van der Waals surface area contributed by atoms with Crippen LogP contribution in [0.3, 0.4) is 0 Å². The second-order valence-corrected chi connectivity index (χ2v) is 11.2. The molecule has 0 unspecified atom stereocenters. The number of carbonyl (C=O) groups is 2. The molecular formula is C29H36FN7O4. The van der Waals surface area contributed by atoms with Gasteiger partial charge in [-0.3, -0.25) is 9.48 Å². The molecular weight excluding hydrogens is 529 g/mol. The van der Waals surface area contributed by atoms with Crippen LogP contribution in [0.5, 0.6) is 5.75 Å². The summed E-state index contributed by atoms with van der Waals surface area (Å²) in [7, 11) is 3.23. The lowest BCUT2D eigenvalue weighted by Crippen LogP contribution is -2.48. The molecule has 4 heterocycles. The number of methoxy groups -OCH3 is 1. The van der Waals surface area contributed by atoms with E-state index < -0.39 is 17.3 Å². The minimum Gasteiger partial charge on any atom is -0.494 e. The van der Waals surface area contributed by atoms with Crippen LogP contribution in [0.25, 0.3) is 16.6 Å². The molecule has 0 bridgehead atoms. The monoisotopic (exact) mass is 565 g/mol. The summed E-state index contributed by atoms with van der Waals surface area (Å²) >= 11 is 0. The fraction of sp³-hybridized carbons (Fsp3) is 0.448. The van der Waals surface area contributed by atoms with Gasteiger partial charge in [-0.2, -0.15) is 5.10 Å². The predicted molar refractivity (Wildman–Crippen MR) is 154 cm³/mol. The van der Waals surface area contributed by atoms with Crippen molar-refractivity contribution in [2.75, 3.05) is 37.0 Å². The molecule has 11 nitrogen and oxygen atoms in total. The van der Waals surface area contributed by atoms with Crippen LogP contribution in [0.1, 0.15) is 50.9 Å². The maximum Gasteiger partial charge on any atom is 0.410 e. The number of aromatic nitrogens is 4. The zero-order chi connectivity index (χ0) is 29.5. The molecule has 5 rings (SSSR count). The van der Waals surface area contributed by atoms with Gasteiger partial charge in [-0.25, -0.2) is 14.2 Å². The summed E-state index contributed by atoms with van der Waals surface area (Å²) in [5.74, 6) is -0.899. The highest BCUT2D eigenvalue weighted by atomic mass is 19.1. The van der Waals surface area contributed by atoms with Gasteiger partial charge >= 0.3 is 6.09 Å². The highest BCUT2D eigenvalue weighted by Gasteiger charge is 2.32. The molecule has 1 N–H and O–H groups in total. The summed E-state index contributed by atoms with van der Waals surface area (Å²) in [4.78, 5) is 34.3. The fourth-order valence-electron chi connectivity index (χ4n) is 5.39. The zero-order valence-electron chi connectivity index (χ0n) is 24.3. The van der Waals surface area contributed by atoms with Crippen LogP contribution in [0.15, 0.2) is 36.9 Å². The first-order chi connectivity index (χ1) is 19.5. The van der Waals surface area contributed by atoms with Crippen molar-refractivity contribution in [3.05, 3.63) is 48.3 Å². The third-order valence-electron chi connectivity index (χ3n) is 7.25. The fourth-order valence-corrected chi connectivity index (χ4v) is 5.39. The second-order valence-electron chi connectivity index (χ2n) is 11.2. The average molecular weight is 566 g/mol. The van der Waals surface area contributed by atoms with Gasteiger partial charge in [0.1, 0.15) is 39.6 Å². The van der Waals surface area contributed by atoms with Crippen LogP contribution in [0.4, 0.5) is 20.6 Å². The molecule has 4 aromatic rings. The van der Waals surface area contributed by atoms with E-state index in [4.69, 9.17) is 9.47 Å². The van der Waals surface area contributed by atoms with Crippen molar-refractivity contribution in [1.82, 2.24) is 24.1 Å². The van der Waals surface area contributed by atoms with Crippen molar-refractivity contribution in [3.8, 4) is 5.75 Å². The SMILES string of the molecule is CCN(C(=O)OC(C)(C)C)C1CCN(c2cc(F)c(C(=O)Nc3cn4ccnc4cc3OC)c3nn(C)cc23)CC1. The number of rotatable bonds is 6. The first-order valence-corrected chi connectivity index (χ1v) is 13.7. The largest absolute Gasteiger partial charge is 0.494 e. The van der Waals surface area contributed by atoms with Gasteiger partial charge in [0.15, 0.2) is 0 Å². The molecule has 1 aromatic carbocycles. The van der Waals surface area contributed by atoms with E-state index in [9.17, 15) is 9.59 Å². The van der Waals surface area contributed by atoms with E-state index in [2.05, 4.69) is 20.3 Å². The number of nitrogens with zero attached hydrogens (tertiary/aromatic N) is 6. The summed E-state index contributed by atoms with van der Waals surface area (Å²) in [6.45, 7) is 9.28. The first-order valence-electron chi connectivity index (χ1n) is 13.7. The van der Waals surface area contributed by atoms with Crippen LogP contribution >= 0.6 is 0 Å². The number of imidazole rings is 1. The maximum atomic E-state index is 15.8. The summed E-state index contributed by atoms with van der Waals surface area (Å²) in [5.41, 5.74) is 1.25. The summed E-state index contributed by atoms with van der Waals surface area (Å²) < 4.78 is 30.1. The number of anilines is 2. The van der Waals surface area contributed by atoms with Gasteiger partial charge in [-0.15, -0.1) is 0 Å². The number of halogens is 1. The third kappa shape index (κ3) is 5.63. The van der Waals surface area contributed by atoms with E-state index in [0.717, 1.165) is 0 Å². The minimum atomic E-state index is -0.669. The van der Waals surface area contributed by atoms with Gasteiger partial charge in [0.05, 0.1) is 12.8 Å². The molecule has 0 atom stereocenters. The Kier molecular flexibility index (Phi) is 7.50. The molecule has 3 aromatic heterocycles. The zero-order valence-corrected chi connectivity index (χ0v) is 24.3. The number of aryl methyl sites for hydroxylation is 1. The Labute approximate surface area is 237 Å². The van der Waals surface area contributed by atoms with E-state index >= 15 is 4.39 Å². The number of benzene rings is 1. The van der Waals surface area contributed by atoms with Crippen molar-refractivity contribution in [3.63, 3.8) is 0 Å². The smallest absolute Gasteiger partial charge is 0.410 e. The van der Waals surface area contributed by atoms with Crippen molar-refractivity contribution in [1.29, 1.82) is 0 Å². The lowest BCUT2D eigenvalue weighted by molar-refractivity contribution is 0.0149. The van der Waals surface area contributed by atoms with Crippen LogP contribution in [0.2, 0.25) is 0 Å². The van der Waals surface area contributed by atoms with E-state index in [1.165, 1.54) is 13.2 Å². The normalized spacial score (nSPS) is 14.5. The number of ether oxygens (including phenoxy) is 2. The molecule has 0 aliphatic carbocycles. The summed E-state index contributed by atoms with van der Waals surface area (Å²) in [6, 6.07) is 3.12. The molecule has 1 saturated heterocycles. The number of amides is 2. The van der Waals surface area contributed by atoms with E-state index in [1.54, 1.807) is 51.9 Å². The van der Waals surface area contributed by atoms with Gasteiger partial charge in [-0.1, -0.05) is 0 Å². The van der Waals surface area contributed by atoms with E-state index in [1.807, 2.05) is 27.7 Å². The molecule has 41 heavy (non-hydrogen) atoms. The van der Waals surface area contributed by atoms with Crippen LogP contribution in [-0.2, 0) is 11.8 Å². The molecule has 12 heteroatoms. The Morgan fingerprint density at radius 3 is 2.59 bits per heavy atom. The van der Waals surface area contributed by atoms with Crippen molar-refractivity contribution < 1.29 is 23.5 Å². The molecule has 1 fully saturated rings. The van der Waals surface area contributed by atoms with Gasteiger partial charge < -0.3 is 29.0 Å². The first kappa shape index (κ1) is 28.2. The van der Waals surface area contributed by atoms with Crippen molar-refractivity contribution >= 4 is 39.9 Å². The number of pyridine rings is 1. The molecule has 0 radical (unpaired) electrons. The molecule has 2 amide bonds. The van der Waals surface area contributed by atoms with E-state index in [0.29, 0.717) is 60.6 Å². The highest BCUT2D eigenvalue weighted by molar-refractivity contribution is 6.14. The predicted octanol–water partition coefficient (Wildman–Crippen LogP) is 4.85. The Morgan fingerprint density at radius 1 is 1.20 bits per heavy atom. The number of piperidine rings is 1. The Bertz CT molecular complexity index is 1600. The molecule has 218 valence electrons. The molecule has 0 saturated carbocycles. The van der Waals surface area contributed by atoms with Gasteiger partial charge in [-0.05, 0) is 46.6 Å². The molecule has 0 spiro atoms. The van der Waals surface area contributed by atoms with Gasteiger partial charge in [0, 0.05) is 69.0 Å². The summed E-state index contributed by atoms with van der Waals surface area (Å²) in [6.07, 6.45) is 7.93. The lowest BCUT2D eigenvalue weighted by atomic mass is 10.0. The lowest BCUT2D eigenvalue weighted by Gasteiger charge is -2.39. The number of nitrogens with one attached hydrogen (secondary N) is 1. The minimum absolute atomic E-state index is 0.0215. The van der Waals surface area contributed by atoms with Crippen LogP contribution in [0, 0.1) is 5.82 Å². The van der Waals surface area contributed by atoms with Crippen LogP contribution in [-0.4, -0.2) is 74.5 Å². The maximum absolute atomic E-state index is 15.8. The van der Waals surface area contributed by atoms with E-state index in [-0.39, 0.29) is 23.2 Å². The van der Waals surface area contributed by atoms with Crippen molar-refractivity contribution in [2.24, 2.45) is 7.05 Å². The number of hydrogen-bond donors (Lipinski definition) is 1.